The molecule has 0 radical (unpaired) electrons. The molecule has 120 valence electrons. The summed E-state index contributed by atoms with van der Waals surface area (Å²) in [6.45, 7) is 5.35. The summed E-state index contributed by atoms with van der Waals surface area (Å²) in [4.78, 5) is 21.7. The molecule has 0 spiro atoms. The van der Waals surface area contributed by atoms with Gasteiger partial charge in [0.15, 0.2) is 0 Å². The molecule has 0 aromatic carbocycles. The zero-order valence-corrected chi connectivity index (χ0v) is 12.6. The van der Waals surface area contributed by atoms with Crippen LogP contribution in [0, 0.1) is 11.8 Å². The number of hydrogen-bond donors (Lipinski definition) is 2. The van der Waals surface area contributed by atoms with E-state index < -0.39 is 18.2 Å². The molecule has 0 aromatic rings. The molecular weight excluding hydrogens is 284 g/mol. The smallest absolute Gasteiger partial charge is 0.331 e. The maximum atomic E-state index is 11.4. The fraction of sp³-hybridized carbons (Fsp3) is 0.471. The van der Waals surface area contributed by atoms with Crippen LogP contribution in [0.3, 0.4) is 0 Å². The van der Waals surface area contributed by atoms with E-state index in [4.69, 9.17) is 4.74 Å². The first-order valence-corrected chi connectivity index (χ1v) is 7.19. The van der Waals surface area contributed by atoms with Gasteiger partial charge in [-0.2, -0.15) is 0 Å². The minimum Gasteiger partial charge on any atom is -0.458 e. The maximum Gasteiger partial charge on any atom is 0.331 e. The molecule has 1 fully saturated rings. The Bertz CT molecular complexity index is 499. The average molecular weight is 306 g/mol. The highest BCUT2D eigenvalue weighted by Gasteiger charge is 2.39. The summed E-state index contributed by atoms with van der Waals surface area (Å²) >= 11 is 0. The zero-order chi connectivity index (χ0) is 16.5. The second kappa shape index (κ2) is 9.15. The van der Waals surface area contributed by atoms with Crippen LogP contribution < -0.4 is 0 Å². The summed E-state index contributed by atoms with van der Waals surface area (Å²) in [5, 5.41) is 19.9. The number of rotatable bonds is 7. The fourth-order valence-electron chi connectivity index (χ4n) is 2.57. The quantitative estimate of drug-likeness (QED) is 0.244. The highest BCUT2D eigenvalue weighted by Crippen LogP contribution is 2.36. The molecule has 22 heavy (non-hydrogen) atoms. The topological polar surface area (TPSA) is 83.8 Å². The standard InChI is InChI=1S/C17H22O5/c1-3-9-22-17(21)10-12(2)6-7-14-13(5-4-8-18)15(19)11-16(14)20/h3-4,6-7,10,13-16,19-20H,1,5,9,11H2,2H3/b7-6+,12-10+/t13-,14+,15-,16+/m1/s1. The van der Waals surface area contributed by atoms with Crippen molar-refractivity contribution in [2.75, 3.05) is 6.61 Å². The largest absolute Gasteiger partial charge is 0.458 e. The molecule has 0 unspecified atom stereocenters. The van der Waals surface area contributed by atoms with Gasteiger partial charge in [-0.15, -0.1) is 0 Å². The lowest BCUT2D eigenvalue weighted by Crippen LogP contribution is -2.19. The van der Waals surface area contributed by atoms with Crippen molar-refractivity contribution in [2.45, 2.75) is 32.0 Å². The van der Waals surface area contributed by atoms with Crippen LogP contribution in [0.2, 0.25) is 0 Å². The normalized spacial score (nSPS) is 28.4. The van der Waals surface area contributed by atoms with Gasteiger partial charge in [0, 0.05) is 24.5 Å². The lowest BCUT2D eigenvalue weighted by molar-refractivity contribution is -0.136. The number of carbonyl (C=O) groups excluding carboxylic acids is 2. The van der Waals surface area contributed by atoms with Gasteiger partial charge in [0.1, 0.15) is 12.5 Å². The first-order valence-electron chi connectivity index (χ1n) is 7.19. The molecule has 5 heteroatoms. The van der Waals surface area contributed by atoms with Crippen LogP contribution in [0.5, 0.6) is 0 Å². The summed E-state index contributed by atoms with van der Waals surface area (Å²) in [5.74, 6) is 0.725. The number of esters is 1. The number of hydrogen-bond acceptors (Lipinski definition) is 5. The third-order valence-corrected chi connectivity index (χ3v) is 3.66. The van der Waals surface area contributed by atoms with Gasteiger partial charge in [-0.05, 0) is 24.8 Å². The average Bonchev–Trinajstić information content (AvgIpc) is 2.74. The van der Waals surface area contributed by atoms with E-state index in [9.17, 15) is 19.8 Å². The lowest BCUT2D eigenvalue weighted by Gasteiger charge is -2.18. The van der Waals surface area contributed by atoms with E-state index >= 15 is 0 Å². The Kier molecular flexibility index (Phi) is 7.54. The van der Waals surface area contributed by atoms with Gasteiger partial charge in [-0.25, -0.2) is 9.59 Å². The third-order valence-electron chi connectivity index (χ3n) is 3.66. The zero-order valence-electron chi connectivity index (χ0n) is 12.6. The summed E-state index contributed by atoms with van der Waals surface area (Å²) in [6, 6.07) is 0. The van der Waals surface area contributed by atoms with Gasteiger partial charge in [0.05, 0.1) is 12.2 Å². The second-order valence-electron chi connectivity index (χ2n) is 5.34. The van der Waals surface area contributed by atoms with Crippen molar-refractivity contribution in [2.24, 2.45) is 11.8 Å². The van der Waals surface area contributed by atoms with Gasteiger partial charge in [0.25, 0.3) is 0 Å². The van der Waals surface area contributed by atoms with Crippen molar-refractivity contribution >= 4 is 11.9 Å². The van der Waals surface area contributed by atoms with Crippen LogP contribution in [0.4, 0.5) is 0 Å². The molecule has 0 bridgehead atoms. The molecule has 0 saturated heterocycles. The predicted octanol–water partition coefficient (Wildman–Crippen LogP) is 1.35. The maximum absolute atomic E-state index is 11.4. The molecular formula is C17H22O5. The Balaban J connectivity index is 2.72. The molecule has 1 aliphatic rings. The van der Waals surface area contributed by atoms with Crippen LogP contribution in [0.15, 0.2) is 42.5 Å². The summed E-state index contributed by atoms with van der Waals surface area (Å²) < 4.78 is 4.84. The number of aliphatic hydroxyl groups is 2. The first kappa shape index (κ1) is 18.1. The monoisotopic (exact) mass is 306 g/mol. The van der Waals surface area contributed by atoms with E-state index in [0.29, 0.717) is 12.0 Å². The van der Waals surface area contributed by atoms with E-state index in [2.05, 4.69) is 6.58 Å². The molecule has 1 rings (SSSR count). The van der Waals surface area contributed by atoms with Crippen LogP contribution >= 0.6 is 0 Å². The summed E-state index contributed by atoms with van der Waals surface area (Å²) in [6.07, 6.45) is 6.93. The van der Waals surface area contributed by atoms with Crippen LogP contribution in [0.25, 0.3) is 0 Å². The SMILES string of the molecule is C=CCOC(=O)/C=C(C)/C=C/[C@H]1[C@@H](CC=C=O)[C@H](O)C[C@@H]1O. The van der Waals surface area contributed by atoms with Crippen molar-refractivity contribution in [3.05, 3.63) is 42.5 Å². The van der Waals surface area contributed by atoms with E-state index in [-0.39, 0.29) is 24.9 Å². The number of ether oxygens (including phenoxy) is 1. The molecule has 2 N–H and O–H groups in total. The van der Waals surface area contributed by atoms with Crippen molar-refractivity contribution in [1.29, 1.82) is 0 Å². The second-order valence-corrected chi connectivity index (χ2v) is 5.34. The van der Waals surface area contributed by atoms with Gasteiger partial charge < -0.3 is 14.9 Å². The minimum absolute atomic E-state index is 0.153. The van der Waals surface area contributed by atoms with Crippen LogP contribution in [-0.2, 0) is 14.3 Å². The predicted molar refractivity (Wildman–Crippen MR) is 82.5 cm³/mol. The molecule has 0 amide bonds. The molecule has 0 aliphatic heterocycles. The molecule has 5 nitrogen and oxygen atoms in total. The van der Waals surface area contributed by atoms with Crippen molar-refractivity contribution in [1.82, 2.24) is 0 Å². The van der Waals surface area contributed by atoms with Crippen LogP contribution in [0.1, 0.15) is 19.8 Å². The van der Waals surface area contributed by atoms with Gasteiger partial charge in [-0.3, -0.25) is 0 Å². The number of aliphatic hydroxyl groups excluding tert-OH is 2. The highest BCUT2D eigenvalue weighted by molar-refractivity contribution is 5.83. The Labute approximate surface area is 130 Å². The van der Waals surface area contributed by atoms with Crippen LogP contribution in [-0.4, -0.2) is 40.9 Å². The summed E-state index contributed by atoms with van der Waals surface area (Å²) in [5.41, 5.74) is 0.673. The van der Waals surface area contributed by atoms with E-state index in [1.165, 1.54) is 18.2 Å². The highest BCUT2D eigenvalue weighted by atomic mass is 16.5. The number of allylic oxidation sites excluding steroid dienone is 3. The van der Waals surface area contributed by atoms with Gasteiger partial charge >= 0.3 is 5.97 Å². The van der Waals surface area contributed by atoms with Crippen molar-refractivity contribution in [3.63, 3.8) is 0 Å². The molecule has 0 aromatic heterocycles. The van der Waals surface area contributed by atoms with E-state index in [0.717, 1.165) is 0 Å². The fourth-order valence-corrected chi connectivity index (χ4v) is 2.57. The summed E-state index contributed by atoms with van der Waals surface area (Å²) in [7, 11) is 0. The molecule has 4 atom stereocenters. The first-order chi connectivity index (χ1) is 10.5. The van der Waals surface area contributed by atoms with Gasteiger partial charge in [-0.1, -0.05) is 24.8 Å². The Morgan fingerprint density at radius 1 is 1.41 bits per heavy atom. The van der Waals surface area contributed by atoms with Gasteiger partial charge in [0.2, 0.25) is 0 Å². The van der Waals surface area contributed by atoms with E-state index in [1.807, 2.05) is 0 Å². The Morgan fingerprint density at radius 3 is 2.77 bits per heavy atom. The lowest BCUT2D eigenvalue weighted by atomic mass is 9.90. The molecule has 1 saturated carbocycles. The van der Waals surface area contributed by atoms with Crippen molar-refractivity contribution < 1.29 is 24.5 Å². The van der Waals surface area contributed by atoms with E-state index in [1.54, 1.807) is 25.0 Å². The molecule has 1 aliphatic carbocycles. The Morgan fingerprint density at radius 2 is 2.14 bits per heavy atom. The molecule has 0 heterocycles. The van der Waals surface area contributed by atoms with Crippen molar-refractivity contribution in [3.8, 4) is 0 Å². The number of carbonyl (C=O) groups is 1. The third kappa shape index (κ3) is 5.45. The minimum atomic E-state index is -0.670. The Hall–Kier alpha value is -1.94.